The summed E-state index contributed by atoms with van der Waals surface area (Å²) in [5.41, 5.74) is 1.67. The molecule has 2 aromatic heterocycles. The average molecular weight is 486 g/mol. The Balaban J connectivity index is 1.43. The fourth-order valence-electron chi connectivity index (χ4n) is 4.30. The molecule has 0 radical (unpaired) electrons. The molecular weight excluding hydrogens is 458 g/mol. The number of hydrogen-bond acceptors (Lipinski definition) is 8. The minimum absolute atomic E-state index is 0.0460. The number of aromatic nitrogens is 5. The van der Waals surface area contributed by atoms with Gasteiger partial charge in [0.05, 0.1) is 31.5 Å². The van der Waals surface area contributed by atoms with Crippen LogP contribution in [0.5, 0.6) is 0 Å². The van der Waals surface area contributed by atoms with E-state index in [1.165, 1.54) is 4.20 Å². The largest absolute Gasteiger partial charge is 0.378 e. The predicted molar refractivity (Wildman–Crippen MR) is 129 cm³/mol. The second-order valence-electron chi connectivity index (χ2n) is 8.66. The second-order valence-corrected chi connectivity index (χ2v) is 8.98. The molecule has 0 N–H and O–H groups in total. The predicted octanol–water partition coefficient (Wildman–Crippen LogP) is 1.53. The normalized spacial score (nSPS) is 17.4. The van der Waals surface area contributed by atoms with Crippen LogP contribution in [0.1, 0.15) is 5.82 Å². The molecule has 2 aliphatic heterocycles. The number of carbonyl (C=O) groups is 1. The quantitative estimate of drug-likeness (QED) is 0.549. The third-order valence-corrected chi connectivity index (χ3v) is 6.43. The number of halogens is 1. The van der Waals surface area contributed by atoms with Crippen molar-refractivity contribution in [3.05, 3.63) is 30.2 Å². The van der Waals surface area contributed by atoms with Crippen LogP contribution in [0.4, 0.5) is 10.7 Å². The van der Waals surface area contributed by atoms with Crippen LogP contribution in [0, 0.1) is 0 Å². The number of piperazine rings is 1. The van der Waals surface area contributed by atoms with Gasteiger partial charge >= 0.3 is 6.03 Å². The number of rotatable bonds is 4. The number of carbonyl (C=O) groups excluding carboxylic acids is 1. The molecule has 0 aliphatic carbocycles. The Bertz CT molecular complexity index is 1170. The van der Waals surface area contributed by atoms with E-state index in [1.807, 2.05) is 23.1 Å². The van der Waals surface area contributed by atoms with E-state index < -0.39 is 0 Å². The molecule has 0 atom stereocenters. The van der Waals surface area contributed by atoms with Crippen molar-refractivity contribution in [2.75, 3.05) is 71.5 Å². The molecule has 2 fully saturated rings. The maximum atomic E-state index is 12.3. The first-order valence-corrected chi connectivity index (χ1v) is 11.7. The highest BCUT2D eigenvalue weighted by atomic mass is 35.5. The van der Waals surface area contributed by atoms with Gasteiger partial charge in [0.1, 0.15) is 5.82 Å². The van der Waals surface area contributed by atoms with Crippen molar-refractivity contribution in [3.63, 3.8) is 0 Å². The molecule has 11 nitrogen and oxygen atoms in total. The van der Waals surface area contributed by atoms with Gasteiger partial charge < -0.3 is 19.4 Å². The van der Waals surface area contributed by atoms with Gasteiger partial charge in [0.2, 0.25) is 5.95 Å². The SMILES string of the molecule is CN(C)C(=O)N1CCN(Cc2nc(-c3cccc4c3cnn4Cl)nc(N3CCOCC3)n2)CC1. The summed E-state index contributed by atoms with van der Waals surface area (Å²) < 4.78 is 6.84. The van der Waals surface area contributed by atoms with Crippen molar-refractivity contribution >= 4 is 34.7 Å². The van der Waals surface area contributed by atoms with E-state index in [0.29, 0.717) is 50.4 Å². The molecule has 180 valence electrons. The lowest BCUT2D eigenvalue weighted by molar-refractivity contribution is 0.118. The summed E-state index contributed by atoms with van der Waals surface area (Å²) in [4.78, 5) is 34.6. The van der Waals surface area contributed by atoms with E-state index in [-0.39, 0.29) is 6.03 Å². The molecule has 3 aromatic rings. The molecule has 1 aromatic carbocycles. The maximum Gasteiger partial charge on any atom is 0.319 e. The van der Waals surface area contributed by atoms with Crippen LogP contribution in [0.25, 0.3) is 22.3 Å². The fraction of sp³-hybridized carbons (Fsp3) is 0.500. The fourth-order valence-corrected chi connectivity index (χ4v) is 4.49. The third-order valence-electron chi connectivity index (χ3n) is 6.17. The van der Waals surface area contributed by atoms with Crippen LogP contribution in [-0.2, 0) is 11.3 Å². The average Bonchev–Trinajstić information content (AvgIpc) is 3.25. The topological polar surface area (TPSA) is 95.8 Å². The summed E-state index contributed by atoms with van der Waals surface area (Å²) in [5.74, 6) is 1.96. The first-order chi connectivity index (χ1) is 16.5. The van der Waals surface area contributed by atoms with Gasteiger partial charge in [0, 0.05) is 76.1 Å². The number of amides is 2. The molecular formula is C22H28ClN9O2. The van der Waals surface area contributed by atoms with E-state index in [9.17, 15) is 4.79 Å². The summed E-state index contributed by atoms with van der Waals surface area (Å²) in [6.45, 7) is 6.24. The minimum Gasteiger partial charge on any atom is -0.378 e. The lowest BCUT2D eigenvalue weighted by Gasteiger charge is -2.35. The molecule has 0 spiro atoms. The highest BCUT2D eigenvalue weighted by molar-refractivity contribution is 6.18. The van der Waals surface area contributed by atoms with Gasteiger partial charge in [0.25, 0.3) is 0 Å². The highest BCUT2D eigenvalue weighted by Crippen LogP contribution is 2.28. The highest BCUT2D eigenvalue weighted by Gasteiger charge is 2.24. The van der Waals surface area contributed by atoms with E-state index in [2.05, 4.69) is 14.9 Å². The molecule has 0 bridgehead atoms. The van der Waals surface area contributed by atoms with E-state index in [1.54, 1.807) is 25.2 Å². The van der Waals surface area contributed by atoms with Crippen molar-refractivity contribution in [2.45, 2.75) is 6.54 Å². The van der Waals surface area contributed by atoms with Gasteiger partial charge in [-0.2, -0.15) is 19.3 Å². The smallest absolute Gasteiger partial charge is 0.319 e. The first-order valence-electron chi connectivity index (χ1n) is 11.4. The van der Waals surface area contributed by atoms with Crippen LogP contribution >= 0.6 is 11.8 Å². The number of ether oxygens (including phenoxy) is 1. The molecule has 0 saturated carbocycles. The zero-order valence-electron chi connectivity index (χ0n) is 19.4. The summed E-state index contributed by atoms with van der Waals surface area (Å²) in [6, 6.07) is 5.87. The summed E-state index contributed by atoms with van der Waals surface area (Å²) in [5, 5.41) is 5.07. The zero-order valence-corrected chi connectivity index (χ0v) is 20.1. The number of benzene rings is 1. The molecule has 34 heavy (non-hydrogen) atoms. The Labute approximate surface area is 203 Å². The molecule has 0 unspecified atom stereocenters. The van der Waals surface area contributed by atoms with Crippen LogP contribution in [0.2, 0.25) is 0 Å². The Morgan fingerprint density at radius 3 is 2.56 bits per heavy atom. The Hall–Kier alpha value is -3.02. The number of hydrogen-bond donors (Lipinski definition) is 0. The standard InChI is InChI=1S/C22H28ClN9O2/c1-28(2)22(33)31-8-6-29(7-9-31)15-19-25-20(27-21(26-19)30-10-12-34-13-11-30)16-4-3-5-18-17(16)14-24-32(18)23/h3-5,14H,6-13,15H2,1-2H3. The number of urea groups is 1. The van der Waals surface area contributed by atoms with E-state index in [0.717, 1.165) is 42.6 Å². The summed E-state index contributed by atoms with van der Waals surface area (Å²) >= 11 is 6.19. The van der Waals surface area contributed by atoms with Crippen LogP contribution < -0.4 is 4.90 Å². The van der Waals surface area contributed by atoms with Gasteiger partial charge in [0.15, 0.2) is 5.82 Å². The van der Waals surface area contributed by atoms with Crippen LogP contribution in [0.3, 0.4) is 0 Å². The molecule has 2 saturated heterocycles. The van der Waals surface area contributed by atoms with Gasteiger partial charge in [-0.15, -0.1) is 0 Å². The number of fused-ring (bicyclic) bond motifs is 1. The Morgan fingerprint density at radius 2 is 1.82 bits per heavy atom. The van der Waals surface area contributed by atoms with Crippen LogP contribution in [0.15, 0.2) is 24.4 Å². The van der Waals surface area contributed by atoms with Crippen molar-refractivity contribution in [1.82, 2.24) is 39.0 Å². The van der Waals surface area contributed by atoms with Gasteiger partial charge in [-0.25, -0.2) is 9.78 Å². The van der Waals surface area contributed by atoms with Crippen molar-refractivity contribution in [3.8, 4) is 11.4 Å². The van der Waals surface area contributed by atoms with Crippen molar-refractivity contribution < 1.29 is 9.53 Å². The van der Waals surface area contributed by atoms with Gasteiger partial charge in [-0.3, -0.25) is 4.90 Å². The number of nitrogens with zero attached hydrogens (tertiary/aromatic N) is 9. The molecule has 4 heterocycles. The van der Waals surface area contributed by atoms with E-state index >= 15 is 0 Å². The minimum atomic E-state index is 0.0460. The molecule has 2 aliphatic rings. The maximum absolute atomic E-state index is 12.3. The number of anilines is 1. The van der Waals surface area contributed by atoms with Crippen molar-refractivity contribution in [1.29, 1.82) is 0 Å². The summed E-state index contributed by atoms with van der Waals surface area (Å²) in [7, 11) is 3.56. The summed E-state index contributed by atoms with van der Waals surface area (Å²) in [6.07, 6.45) is 1.73. The monoisotopic (exact) mass is 485 g/mol. The second kappa shape index (κ2) is 9.69. The first kappa shape index (κ1) is 22.8. The van der Waals surface area contributed by atoms with Crippen molar-refractivity contribution in [2.24, 2.45) is 0 Å². The van der Waals surface area contributed by atoms with Crippen LogP contribution in [-0.4, -0.2) is 112 Å². The lowest BCUT2D eigenvalue weighted by atomic mass is 10.1. The molecule has 12 heteroatoms. The Kier molecular flexibility index (Phi) is 6.48. The zero-order chi connectivity index (χ0) is 23.7. The molecule has 5 rings (SSSR count). The lowest BCUT2D eigenvalue weighted by Crippen LogP contribution is -2.51. The number of morpholine rings is 1. The van der Waals surface area contributed by atoms with Gasteiger partial charge in [-0.05, 0) is 6.07 Å². The van der Waals surface area contributed by atoms with E-state index in [4.69, 9.17) is 31.5 Å². The molecule has 2 amide bonds. The Morgan fingerprint density at radius 1 is 1.06 bits per heavy atom. The third kappa shape index (κ3) is 4.63. The van der Waals surface area contributed by atoms with Gasteiger partial charge in [-0.1, -0.05) is 12.1 Å².